The fraction of sp³-hybridized carbons (Fsp3) is 0.500. The molecule has 1 fully saturated rings. The maximum absolute atomic E-state index is 11.9. The molecule has 0 radical (unpaired) electrons. The molecule has 0 aliphatic carbocycles. The number of likely N-dealkylation sites (tertiary alicyclic amines) is 1. The van der Waals surface area contributed by atoms with E-state index in [0.717, 1.165) is 37.4 Å². The Morgan fingerprint density at radius 2 is 2.08 bits per heavy atom. The number of thioether (sulfide) groups is 1. The molecule has 0 aromatic heterocycles. The summed E-state index contributed by atoms with van der Waals surface area (Å²) in [5.41, 5.74) is 1.37. The van der Waals surface area contributed by atoms with E-state index in [1.807, 2.05) is 6.92 Å². The molecule has 1 aliphatic heterocycles. The average Bonchev–Trinajstić information content (AvgIpc) is 2.62. The number of halogens is 1. The van der Waals surface area contributed by atoms with Gasteiger partial charge in [0.2, 0.25) is 0 Å². The van der Waals surface area contributed by atoms with E-state index in [4.69, 9.17) is 28.6 Å². The first-order valence-corrected chi connectivity index (χ1v) is 10.3. The Bertz CT molecular complexity index is 676. The molecule has 1 aromatic carbocycles. The lowest BCUT2D eigenvalue weighted by atomic mass is 10.00. The number of carbonyl (C=O) groups is 2. The highest BCUT2D eigenvalue weighted by molar-refractivity contribution is 8.23. The Hall–Kier alpha value is -1.31. The molecule has 8 heteroatoms. The van der Waals surface area contributed by atoms with Gasteiger partial charge < -0.3 is 15.0 Å². The van der Waals surface area contributed by atoms with Crippen LogP contribution in [0.15, 0.2) is 18.2 Å². The molecule has 5 nitrogen and oxygen atoms in total. The molecule has 1 heterocycles. The van der Waals surface area contributed by atoms with Gasteiger partial charge in [-0.3, -0.25) is 9.59 Å². The highest BCUT2D eigenvalue weighted by Gasteiger charge is 2.19. The zero-order chi connectivity index (χ0) is 19.1. The Morgan fingerprint density at radius 3 is 2.77 bits per heavy atom. The normalized spacial score (nSPS) is 14.8. The molecule has 0 bridgehead atoms. The molecule has 2 rings (SSSR count). The van der Waals surface area contributed by atoms with Crippen LogP contribution in [0.2, 0.25) is 5.02 Å². The zero-order valence-electron chi connectivity index (χ0n) is 14.9. The topological polar surface area (TPSA) is 58.6 Å². The number of hydrogen-bond donors (Lipinski definition) is 1. The quantitative estimate of drug-likeness (QED) is 0.582. The minimum absolute atomic E-state index is 0.106. The number of piperidine rings is 1. The van der Waals surface area contributed by atoms with Crippen LogP contribution in [0.5, 0.6) is 0 Å². The van der Waals surface area contributed by atoms with Crippen molar-refractivity contribution in [2.45, 2.75) is 26.7 Å². The molecule has 0 atom stereocenters. The lowest BCUT2D eigenvalue weighted by molar-refractivity contribution is -0.144. The standard InChI is InChI=1S/C18H23ClN2O3S2/c1-12-6-8-21(9-7-12)18(25)26-11-17(23)24-10-16(22)20-15-5-3-4-14(19)13(15)2/h3-5,12H,6-11H2,1-2H3,(H,20,22). The maximum Gasteiger partial charge on any atom is 0.316 e. The predicted molar refractivity (Wildman–Crippen MR) is 111 cm³/mol. The van der Waals surface area contributed by atoms with Crippen LogP contribution in [0, 0.1) is 12.8 Å². The van der Waals surface area contributed by atoms with Crippen molar-refractivity contribution < 1.29 is 14.3 Å². The minimum atomic E-state index is -0.458. The van der Waals surface area contributed by atoms with Crippen molar-refractivity contribution in [1.82, 2.24) is 4.90 Å². The number of carbonyl (C=O) groups excluding carboxylic acids is 2. The third-order valence-electron chi connectivity index (χ3n) is 4.26. The van der Waals surface area contributed by atoms with Crippen LogP contribution in [0.3, 0.4) is 0 Å². The van der Waals surface area contributed by atoms with Crippen LogP contribution in [0.4, 0.5) is 5.69 Å². The predicted octanol–water partition coefficient (Wildman–Crippen LogP) is 3.88. The van der Waals surface area contributed by atoms with Gasteiger partial charge in [0.25, 0.3) is 5.91 Å². The van der Waals surface area contributed by atoms with Gasteiger partial charge in [-0.2, -0.15) is 0 Å². The number of nitrogens with one attached hydrogen (secondary N) is 1. The second-order valence-electron chi connectivity index (χ2n) is 6.35. The van der Waals surface area contributed by atoms with E-state index >= 15 is 0 Å². The van der Waals surface area contributed by atoms with Crippen molar-refractivity contribution in [3.05, 3.63) is 28.8 Å². The van der Waals surface area contributed by atoms with Crippen molar-refractivity contribution in [2.75, 3.05) is 30.8 Å². The first-order chi connectivity index (χ1) is 12.4. The average molecular weight is 415 g/mol. The third kappa shape index (κ3) is 6.45. The Morgan fingerprint density at radius 1 is 1.38 bits per heavy atom. The van der Waals surface area contributed by atoms with Gasteiger partial charge in [0, 0.05) is 23.8 Å². The van der Waals surface area contributed by atoms with Gasteiger partial charge in [-0.25, -0.2) is 0 Å². The summed E-state index contributed by atoms with van der Waals surface area (Å²) in [6.07, 6.45) is 2.24. The second kappa shape index (κ2) is 10.1. The summed E-state index contributed by atoms with van der Waals surface area (Å²) < 4.78 is 5.73. The largest absolute Gasteiger partial charge is 0.455 e. The first-order valence-electron chi connectivity index (χ1n) is 8.49. The van der Waals surface area contributed by atoms with Crippen LogP contribution in [-0.2, 0) is 14.3 Å². The summed E-state index contributed by atoms with van der Waals surface area (Å²) in [7, 11) is 0. The lowest BCUT2D eigenvalue weighted by Gasteiger charge is -2.31. The number of esters is 1. The number of amides is 1. The molecule has 1 saturated heterocycles. The molecule has 1 aromatic rings. The number of nitrogens with zero attached hydrogens (tertiary/aromatic N) is 1. The molecule has 1 amide bonds. The second-order valence-corrected chi connectivity index (χ2v) is 8.36. The molecular weight excluding hydrogens is 392 g/mol. The minimum Gasteiger partial charge on any atom is -0.455 e. The molecule has 1 N–H and O–H groups in total. The van der Waals surface area contributed by atoms with Crippen LogP contribution >= 0.6 is 35.6 Å². The van der Waals surface area contributed by atoms with E-state index in [1.54, 1.807) is 18.2 Å². The molecule has 26 heavy (non-hydrogen) atoms. The maximum atomic E-state index is 11.9. The Labute approximate surface area is 168 Å². The van der Waals surface area contributed by atoms with E-state index in [-0.39, 0.29) is 12.4 Å². The van der Waals surface area contributed by atoms with Gasteiger partial charge in [-0.05, 0) is 43.4 Å². The van der Waals surface area contributed by atoms with Crippen molar-refractivity contribution >= 4 is 57.5 Å². The van der Waals surface area contributed by atoms with E-state index in [0.29, 0.717) is 15.0 Å². The van der Waals surface area contributed by atoms with Gasteiger partial charge >= 0.3 is 5.97 Å². The number of hydrogen-bond acceptors (Lipinski definition) is 5. The van der Waals surface area contributed by atoms with Crippen molar-refractivity contribution in [3.63, 3.8) is 0 Å². The summed E-state index contributed by atoms with van der Waals surface area (Å²) in [6.45, 7) is 5.58. The highest BCUT2D eigenvalue weighted by Crippen LogP contribution is 2.23. The molecule has 0 saturated carbocycles. The number of ether oxygens (including phenoxy) is 1. The smallest absolute Gasteiger partial charge is 0.316 e. The van der Waals surface area contributed by atoms with Crippen molar-refractivity contribution in [1.29, 1.82) is 0 Å². The SMILES string of the molecule is Cc1c(Cl)cccc1NC(=O)COC(=O)CSC(=S)N1CCC(C)CC1. The van der Waals surface area contributed by atoms with E-state index < -0.39 is 11.9 Å². The lowest BCUT2D eigenvalue weighted by Crippen LogP contribution is -2.36. The van der Waals surface area contributed by atoms with E-state index in [1.165, 1.54) is 11.8 Å². The molecule has 1 aliphatic rings. The van der Waals surface area contributed by atoms with Crippen LogP contribution in [0.1, 0.15) is 25.3 Å². The van der Waals surface area contributed by atoms with E-state index in [9.17, 15) is 9.59 Å². The molecular formula is C18H23ClN2O3S2. The number of thiocarbonyl (C=S) groups is 1. The zero-order valence-corrected chi connectivity index (χ0v) is 17.3. The first kappa shape index (κ1) is 21.0. The third-order valence-corrected chi connectivity index (χ3v) is 6.17. The Kier molecular flexibility index (Phi) is 8.18. The number of benzene rings is 1. The number of rotatable bonds is 5. The van der Waals surface area contributed by atoms with Gasteiger partial charge in [-0.1, -0.05) is 48.6 Å². The van der Waals surface area contributed by atoms with Crippen molar-refractivity contribution in [2.24, 2.45) is 5.92 Å². The summed E-state index contributed by atoms with van der Waals surface area (Å²) in [4.78, 5) is 25.9. The van der Waals surface area contributed by atoms with Crippen LogP contribution in [0.25, 0.3) is 0 Å². The summed E-state index contributed by atoms with van der Waals surface area (Å²) in [5, 5.41) is 3.25. The summed E-state index contributed by atoms with van der Waals surface area (Å²) in [5.74, 6) is -0.0263. The molecule has 0 unspecified atom stereocenters. The molecule has 0 spiro atoms. The van der Waals surface area contributed by atoms with Gasteiger partial charge in [0.05, 0.1) is 5.75 Å². The van der Waals surface area contributed by atoms with E-state index in [2.05, 4.69) is 17.1 Å². The van der Waals surface area contributed by atoms with Gasteiger partial charge in [0.1, 0.15) is 4.32 Å². The fourth-order valence-electron chi connectivity index (χ4n) is 2.52. The van der Waals surface area contributed by atoms with Gasteiger partial charge in [0.15, 0.2) is 6.61 Å². The Balaban J connectivity index is 1.69. The fourth-order valence-corrected chi connectivity index (χ4v) is 3.74. The summed E-state index contributed by atoms with van der Waals surface area (Å²) >= 11 is 12.7. The van der Waals surface area contributed by atoms with Crippen LogP contribution < -0.4 is 5.32 Å². The highest BCUT2D eigenvalue weighted by atomic mass is 35.5. The van der Waals surface area contributed by atoms with Crippen molar-refractivity contribution in [3.8, 4) is 0 Å². The van der Waals surface area contributed by atoms with Gasteiger partial charge in [-0.15, -0.1) is 0 Å². The summed E-state index contributed by atoms with van der Waals surface area (Å²) in [6, 6.07) is 5.24. The number of anilines is 1. The monoisotopic (exact) mass is 414 g/mol. The molecule has 142 valence electrons. The van der Waals surface area contributed by atoms with Crippen LogP contribution in [-0.4, -0.2) is 46.5 Å².